The highest BCUT2D eigenvalue weighted by Crippen LogP contribution is 2.15. The van der Waals surface area contributed by atoms with Crippen LogP contribution in [0, 0.1) is 13.8 Å². The molecular formula is C9H12N4O4S2. The number of nitrogens with one attached hydrogen (secondary N) is 2. The van der Waals surface area contributed by atoms with Crippen molar-refractivity contribution < 1.29 is 12.9 Å². The first-order valence-corrected chi connectivity index (χ1v) is 7.67. The normalized spacial score (nSPS) is 11.9. The van der Waals surface area contributed by atoms with Crippen LogP contribution in [0.15, 0.2) is 13.5 Å². The molecule has 0 amide bonds. The number of nitrogens with zero attached hydrogens (tertiary/aromatic N) is 2. The van der Waals surface area contributed by atoms with Gasteiger partial charge in [0, 0.05) is 18.7 Å². The zero-order valence-corrected chi connectivity index (χ0v) is 11.9. The Bertz CT molecular complexity index is 727. The Morgan fingerprint density at radius 1 is 1.42 bits per heavy atom. The topological polar surface area (TPSA) is 118 Å². The molecule has 0 saturated carbocycles. The Kier molecular flexibility index (Phi) is 3.83. The molecule has 10 heteroatoms. The van der Waals surface area contributed by atoms with Crippen LogP contribution in [0.2, 0.25) is 0 Å². The predicted octanol–water partition coefficient (Wildman–Crippen LogP) is -0.0428. The number of hydrogen-bond acceptors (Lipinski definition) is 7. The maximum atomic E-state index is 11.9. The third-order valence-electron chi connectivity index (χ3n) is 2.23. The van der Waals surface area contributed by atoms with Crippen molar-refractivity contribution in [3.63, 3.8) is 0 Å². The molecule has 0 bridgehead atoms. The molecule has 2 N–H and O–H groups in total. The van der Waals surface area contributed by atoms with E-state index in [0.717, 1.165) is 0 Å². The van der Waals surface area contributed by atoms with Gasteiger partial charge in [0.25, 0.3) is 10.0 Å². The molecule has 19 heavy (non-hydrogen) atoms. The van der Waals surface area contributed by atoms with Gasteiger partial charge in [0.05, 0.1) is 0 Å². The summed E-state index contributed by atoms with van der Waals surface area (Å²) < 4.78 is 31.1. The molecule has 0 radical (unpaired) electrons. The Balaban J connectivity index is 2.02. The Morgan fingerprint density at radius 3 is 2.68 bits per heavy atom. The standard InChI is InChI=1S/C9H12N4O4S2/c1-5-8(18-9(14)11-5)19(15,16)10-4-3-7-12-6(2)13-17-7/h10H,3-4H2,1-2H3,(H,11,14). The van der Waals surface area contributed by atoms with E-state index >= 15 is 0 Å². The van der Waals surface area contributed by atoms with Crippen molar-refractivity contribution in [1.29, 1.82) is 0 Å². The summed E-state index contributed by atoms with van der Waals surface area (Å²) in [5.74, 6) is 0.858. The van der Waals surface area contributed by atoms with Crippen LogP contribution in [0.4, 0.5) is 0 Å². The molecule has 0 aliphatic rings. The molecule has 0 spiro atoms. The highest BCUT2D eigenvalue weighted by Gasteiger charge is 2.20. The van der Waals surface area contributed by atoms with Gasteiger partial charge in [-0.2, -0.15) is 4.98 Å². The number of hydrogen-bond donors (Lipinski definition) is 2. The molecule has 0 unspecified atom stereocenters. The molecule has 8 nitrogen and oxygen atoms in total. The number of thiazole rings is 1. The molecule has 2 aromatic rings. The number of H-pyrrole nitrogens is 1. The highest BCUT2D eigenvalue weighted by molar-refractivity contribution is 7.91. The van der Waals surface area contributed by atoms with Crippen LogP contribution < -0.4 is 9.60 Å². The minimum atomic E-state index is -3.69. The maximum Gasteiger partial charge on any atom is 0.305 e. The average molecular weight is 304 g/mol. The summed E-state index contributed by atoms with van der Waals surface area (Å²) in [7, 11) is -3.69. The Hall–Kier alpha value is -1.52. The van der Waals surface area contributed by atoms with E-state index < -0.39 is 14.9 Å². The molecule has 0 aliphatic carbocycles. The predicted molar refractivity (Wildman–Crippen MR) is 67.6 cm³/mol. The van der Waals surface area contributed by atoms with Gasteiger partial charge < -0.3 is 9.51 Å². The van der Waals surface area contributed by atoms with Gasteiger partial charge in [0.1, 0.15) is 0 Å². The van der Waals surface area contributed by atoms with Gasteiger partial charge in [0.15, 0.2) is 10.0 Å². The number of sulfonamides is 1. The summed E-state index contributed by atoms with van der Waals surface area (Å²) in [4.78, 5) is 17.1. The summed E-state index contributed by atoms with van der Waals surface area (Å²) in [6.45, 7) is 3.33. The smallest absolute Gasteiger partial charge is 0.305 e. The van der Waals surface area contributed by atoms with Crippen LogP contribution in [0.5, 0.6) is 0 Å². The summed E-state index contributed by atoms with van der Waals surface area (Å²) in [6, 6.07) is 0. The summed E-state index contributed by atoms with van der Waals surface area (Å²) >= 11 is 0.659. The van der Waals surface area contributed by atoms with E-state index in [2.05, 4.69) is 19.8 Å². The molecular weight excluding hydrogens is 292 g/mol. The van der Waals surface area contributed by atoms with E-state index in [1.54, 1.807) is 6.92 Å². The van der Waals surface area contributed by atoms with E-state index in [4.69, 9.17) is 4.52 Å². The second kappa shape index (κ2) is 5.23. The zero-order chi connectivity index (χ0) is 14.0. The lowest BCUT2D eigenvalue weighted by atomic mass is 10.4. The summed E-state index contributed by atoms with van der Waals surface area (Å²) in [5.41, 5.74) is 0.330. The molecule has 2 aromatic heterocycles. The lowest BCUT2D eigenvalue weighted by Gasteiger charge is -2.03. The molecule has 2 rings (SSSR count). The quantitative estimate of drug-likeness (QED) is 0.800. The fraction of sp³-hybridized carbons (Fsp3) is 0.444. The molecule has 0 aliphatic heterocycles. The largest absolute Gasteiger partial charge is 0.339 e. The molecule has 0 fully saturated rings. The molecule has 0 saturated heterocycles. The van der Waals surface area contributed by atoms with Crippen molar-refractivity contribution in [3.05, 3.63) is 27.1 Å². The molecule has 0 atom stereocenters. The Morgan fingerprint density at radius 2 is 2.16 bits per heavy atom. The highest BCUT2D eigenvalue weighted by atomic mass is 32.2. The van der Waals surface area contributed by atoms with Crippen molar-refractivity contribution in [3.8, 4) is 0 Å². The first kappa shape index (κ1) is 13.9. The van der Waals surface area contributed by atoms with Crippen molar-refractivity contribution in [2.45, 2.75) is 24.5 Å². The second-order valence-corrected chi connectivity index (χ2v) is 6.76. The van der Waals surface area contributed by atoms with Crippen molar-refractivity contribution in [1.82, 2.24) is 19.8 Å². The minimum absolute atomic E-state index is 0.000732. The summed E-state index contributed by atoms with van der Waals surface area (Å²) in [6.07, 6.45) is 0.290. The van der Waals surface area contributed by atoms with Crippen LogP contribution in [0.3, 0.4) is 0 Å². The van der Waals surface area contributed by atoms with E-state index in [-0.39, 0.29) is 10.8 Å². The lowest BCUT2D eigenvalue weighted by Crippen LogP contribution is -2.26. The van der Waals surface area contributed by atoms with Gasteiger partial charge in [-0.1, -0.05) is 16.5 Å². The number of rotatable bonds is 5. The van der Waals surface area contributed by atoms with Crippen molar-refractivity contribution in [2.24, 2.45) is 0 Å². The first-order valence-electron chi connectivity index (χ1n) is 5.37. The fourth-order valence-electron chi connectivity index (χ4n) is 1.45. The number of aryl methyl sites for hydroxylation is 2. The second-order valence-electron chi connectivity index (χ2n) is 3.81. The van der Waals surface area contributed by atoms with Crippen LogP contribution in [0.1, 0.15) is 17.4 Å². The van der Waals surface area contributed by atoms with E-state index in [9.17, 15) is 13.2 Å². The SMILES string of the molecule is Cc1noc(CCNS(=O)(=O)c2sc(=O)[nH]c2C)n1. The minimum Gasteiger partial charge on any atom is -0.339 e. The first-order chi connectivity index (χ1) is 8.88. The van der Waals surface area contributed by atoms with Gasteiger partial charge in [-0.15, -0.1) is 0 Å². The molecule has 0 aromatic carbocycles. The number of aromatic nitrogens is 3. The molecule has 2 heterocycles. The van der Waals surface area contributed by atoms with Crippen molar-refractivity contribution >= 4 is 21.4 Å². The fourth-order valence-corrected chi connectivity index (χ4v) is 3.82. The third-order valence-corrected chi connectivity index (χ3v) is 5.29. The Labute approximate surface area is 112 Å². The van der Waals surface area contributed by atoms with E-state index in [0.29, 0.717) is 35.2 Å². The zero-order valence-electron chi connectivity index (χ0n) is 10.3. The van der Waals surface area contributed by atoms with Crippen LogP contribution >= 0.6 is 11.3 Å². The molecule has 104 valence electrons. The number of aromatic amines is 1. The van der Waals surface area contributed by atoms with E-state index in [1.807, 2.05) is 0 Å². The maximum absolute atomic E-state index is 11.9. The van der Waals surface area contributed by atoms with Gasteiger partial charge in [-0.3, -0.25) is 4.79 Å². The average Bonchev–Trinajstić information content (AvgIpc) is 2.85. The van der Waals surface area contributed by atoms with E-state index in [1.165, 1.54) is 6.92 Å². The summed E-state index contributed by atoms with van der Waals surface area (Å²) in [5, 5.41) is 3.60. The lowest BCUT2D eigenvalue weighted by molar-refractivity contribution is 0.375. The van der Waals surface area contributed by atoms with Crippen molar-refractivity contribution in [2.75, 3.05) is 6.54 Å². The van der Waals surface area contributed by atoms with Crippen LogP contribution in [0.25, 0.3) is 0 Å². The van der Waals surface area contributed by atoms with Crippen LogP contribution in [-0.4, -0.2) is 30.1 Å². The van der Waals surface area contributed by atoms with Gasteiger partial charge in [0.2, 0.25) is 5.89 Å². The van der Waals surface area contributed by atoms with Gasteiger partial charge in [-0.05, 0) is 13.8 Å². The third kappa shape index (κ3) is 3.28. The van der Waals surface area contributed by atoms with Gasteiger partial charge in [-0.25, -0.2) is 13.1 Å². The monoisotopic (exact) mass is 304 g/mol. The van der Waals surface area contributed by atoms with Gasteiger partial charge >= 0.3 is 4.87 Å². The van der Waals surface area contributed by atoms with Crippen LogP contribution in [-0.2, 0) is 16.4 Å².